The van der Waals surface area contributed by atoms with E-state index in [0.29, 0.717) is 12.0 Å². The van der Waals surface area contributed by atoms with E-state index in [2.05, 4.69) is 24.2 Å². The molecule has 3 atom stereocenters. The van der Waals surface area contributed by atoms with Gasteiger partial charge in [-0.05, 0) is 14.0 Å². The van der Waals surface area contributed by atoms with Crippen molar-refractivity contribution in [2.75, 3.05) is 20.1 Å². The van der Waals surface area contributed by atoms with Crippen molar-refractivity contribution in [1.29, 1.82) is 0 Å². The smallest absolute Gasteiger partial charge is 0.225 e. The number of hydrogen-bond donors (Lipinski definition) is 1. The summed E-state index contributed by atoms with van der Waals surface area (Å²) in [5.41, 5.74) is 0. The second kappa shape index (κ2) is 2.21. The molecular formula is C8H14N2O. The van der Waals surface area contributed by atoms with Crippen molar-refractivity contribution in [2.24, 2.45) is 11.8 Å². The van der Waals surface area contributed by atoms with Gasteiger partial charge in [0.05, 0.1) is 5.92 Å². The highest BCUT2D eigenvalue weighted by Gasteiger charge is 2.44. The summed E-state index contributed by atoms with van der Waals surface area (Å²) in [4.78, 5) is 13.5. The fourth-order valence-corrected chi connectivity index (χ4v) is 2.26. The number of likely N-dealkylation sites (tertiary alicyclic amines) is 1. The summed E-state index contributed by atoms with van der Waals surface area (Å²) in [7, 11) is 2.08. The Morgan fingerprint density at radius 3 is 2.91 bits per heavy atom. The van der Waals surface area contributed by atoms with Gasteiger partial charge in [0.25, 0.3) is 0 Å². The van der Waals surface area contributed by atoms with Crippen LogP contribution in [0.1, 0.15) is 6.92 Å². The van der Waals surface area contributed by atoms with Crippen LogP contribution in [0, 0.1) is 11.8 Å². The normalized spacial score (nSPS) is 44.2. The van der Waals surface area contributed by atoms with E-state index < -0.39 is 0 Å². The molecule has 2 saturated heterocycles. The van der Waals surface area contributed by atoms with Gasteiger partial charge in [0, 0.05) is 25.0 Å². The molecule has 0 aliphatic carbocycles. The van der Waals surface area contributed by atoms with Crippen LogP contribution in [0.3, 0.4) is 0 Å². The van der Waals surface area contributed by atoms with Crippen molar-refractivity contribution in [1.82, 2.24) is 10.2 Å². The fraction of sp³-hybridized carbons (Fsp3) is 0.875. The Balaban J connectivity index is 2.16. The number of amides is 1. The number of fused-ring (bicyclic) bond motifs is 1. The van der Waals surface area contributed by atoms with E-state index in [1.165, 1.54) is 0 Å². The molecule has 1 N–H and O–H groups in total. The predicted molar refractivity (Wildman–Crippen MR) is 42.1 cm³/mol. The van der Waals surface area contributed by atoms with Crippen LogP contribution in [0.5, 0.6) is 0 Å². The van der Waals surface area contributed by atoms with E-state index in [0.717, 1.165) is 13.1 Å². The number of nitrogens with one attached hydrogen (secondary N) is 1. The van der Waals surface area contributed by atoms with Crippen LogP contribution < -0.4 is 5.32 Å². The van der Waals surface area contributed by atoms with E-state index in [9.17, 15) is 4.79 Å². The maximum atomic E-state index is 11.3. The first-order valence-electron chi connectivity index (χ1n) is 4.17. The Labute approximate surface area is 66.8 Å². The van der Waals surface area contributed by atoms with Gasteiger partial charge in [0.2, 0.25) is 5.91 Å². The van der Waals surface area contributed by atoms with Gasteiger partial charge >= 0.3 is 0 Å². The van der Waals surface area contributed by atoms with Crippen LogP contribution in [0.15, 0.2) is 0 Å². The largest absolute Gasteiger partial charge is 0.353 e. The van der Waals surface area contributed by atoms with Crippen molar-refractivity contribution < 1.29 is 4.79 Å². The first-order chi connectivity index (χ1) is 5.18. The standard InChI is InChI=1S/C8H14N2O/c1-5-6-3-10(2)4-7(6)8(11)9-5/h5-7H,3-4H2,1-2H3,(H,9,11)/t5-,6-,7-/m0/s1. The minimum atomic E-state index is 0.256. The van der Waals surface area contributed by atoms with Crippen molar-refractivity contribution in [3.8, 4) is 0 Å². The summed E-state index contributed by atoms with van der Waals surface area (Å²) in [5, 5.41) is 2.97. The molecule has 0 radical (unpaired) electrons. The van der Waals surface area contributed by atoms with E-state index >= 15 is 0 Å². The highest BCUT2D eigenvalue weighted by atomic mass is 16.2. The van der Waals surface area contributed by atoms with Gasteiger partial charge < -0.3 is 10.2 Å². The molecule has 0 unspecified atom stereocenters. The lowest BCUT2D eigenvalue weighted by atomic mass is 9.95. The Bertz CT molecular complexity index is 193. The molecule has 2 fully saturated rings. The number of carbonyl (C=O) groups excluding carboxylic acids is 1. The predicted octanol–water partition coefficient (Wildman–Crippen LogP) is -0.317. The minimum Gasteiger partial charge on any atom is -0.353 e. The highest BCUT2D eigenvalue weighted by molar-refractivity contribution is 5.82. The third kappa shape index (κ3) is 0.948. The molecule has 0 aromatic carbocycles. The van der Waals surface area contributed by atoms with Crippen LogP contribution in [0.25, 0.3) is 0 Å². The summed E-state index contributed by atoms with van der Waals surface area (Å²) in [6, 6.07) is 0.387. The lowest BCUT2D eigenvalue weighted by molar-refractivity contribution is -0.122. The van der Waals surface area contributed by atoms with Gasteiger partial charge in [0.1, 0.15) is 0 Å². The fourth-order valence-electron chi connectivity index (χ4n) is 2.26. The van der Waals surface area contributed by atoms with Crippen molar-refractivity contribution in [3.63, 3.8) is 0 Å². The van der Waals surface area contributed by atoms with E-state index in [1.807, 2.05) is 0 Å². The summed E-state index contributed by atoms with van der Waals surface area (Å²) < 4.78 is 0. The molecule has 0 bridgehead atoms. The van der Waals surface area contributed by atoms with Gasteiger partial charge in [-0.3, -0.25) is 4.79 Å². The lowest BCUT2D eigenvalue weighted by Gasteiger charge is -2.12. The zero-order valence-corrected chi connectivity index (χ0v) is 7.00. The van der Waals surface area contributed by atoms with Gasteiger partial charge in [-0.25, -0.2) is 0 Å². The average Bonchev–Trinajstić information content (AvgIpc) is 2.38. The molecule has 0 saturated carbocycles. The van der Waals surface area contributed by atoms with Crippen molar-refractivity contribution in [3.05, 3.63) is 0 Å². The SMILES string of the molecule is C[C@@H]1NC(=O)[C@H]2CN(C)C[C@@H]12. The number of carbonyl (C=O) groups is 1. The first kappa shape index (κ1) is 7.10. The molecule has 2 rings (SSSR count). The third-order valence-electron chi connectivity index (χ3n) is 2.90. The molecule has 0 aromatic rings. The second-order valence-corrected chi connectivity index (χ2v) is 3.79. The monoisotopic (exact) mass is 154 g/mol. The van der Waals surface area contributed by atoms with E-state index in [-0.39, 0.29) is 11.8 Å². The van der Waals surface area contributed by atoms with Gasteiger partial charge in [-0.1, -0.05) is 0 Å². The number of rotatable bonds is 0. The molecule has 0 aromatic heterocycles. The number of hydrogen-bond acceptors (Lipinski definition) is 2. The van der Waals surface area contributed by atoms with Crippen molar-refractivity contribution >= 4 is 5.91 Å². The zero-order chi connectivity index (χ0) is 8.01. The molecule has 62 valence electrons. The molecule has 0 spiro atoms. The minimum absolute atomic E-state index is 0.256. The Morgan fingerprint density at radius 2 is 2.27 bits per heavy atom. The second-order valence-electron chi connectivity index (χ2n) is 3.79. The summed E-state index contributed by atoms with van der Waals surface area (Å²) >= 11 is 0. The van der Waals surface area contributed by atoms with Gasteiger partial charge in [0.15, 0.2) is 0 Å². The molecule has 11 heavy (non-hydrogen) atoms. The number of nitrogens with zero attached hydrogens (tertiary/aromatic N) is 1. The molecule has 3 nitrogen and oxygen atoms in total. The molecule has 1 amide bonds. The Morgan fingerprint density at radius 1 is 1.55 bits per heavy atom. The first-order valence-corrected chi connectivity index (χ1v) is 4.17. The van der Waals surface area contributed by atoms with Gasteiger partial charge in [-0.15, -0.1) is 0 Å². The summed E-state index contributed by atoms with van der Waals surface area (Å²) in [6.45, 7) is 4.12. The van der Waals surface area contributed by atoms with Gasteiger partial charge in [-0.2, -0.15) is 0 Å². The molecule has 2 heterocycles. The lowest BCUT2D eigenvalue weighted by Crippen LogP contribution is -2.31. The Kier molecular flexibility index (Phi) is 1.42. The van der Waals surface area contributed by atoms with Crippen LogP contribution in [-0.2, 0) is 4.79 Å². The zero-order valence-electron chi connectivity index (χ0n) is 7.00. The topological polar surface area (TPSA) is 32.3 Å². The average molecular weight is 154 g/mol. The molecular weight excluding hydrogens is 140 g/mol. The molecule has 3 heteroatoms. The third-order valence-corrected chi connectivity index (χ3v) is 2.90. The van der Waals surface area contributed by atoms with Crippen LogP contribution in [0.4, 0.5) is 0 Å². The van der Waals surface area contributed by atoms with Crippen molar-refractivity contribution in [2.45, 2.75) is 13.0 Å². The van der Waals surface area contributed by atoms with Crippen LogP contribution >= 0.6 is 0 Å². The highest BCUT2D eigenvalue weighted by Crippen LogP contribution is 2.30. The maximum absolute atomic E-state index is 11.3. The summed E-state index contributed by atoms with van der Waals surface area (Å²) in [5.74, 6) is 1.09. The quantitative estimate of drug-likeness (QED) is 0.519. The summed E-state index contributed by atoms with van der Waals surface area (Å²) in [6.07, 6.45) is 0. The van der Waals surface area contributed by atoms with Crippen LogP contribution in [0.2, 0.25) is 0 Å². The Hall–Kier alpha value is -0.570. The van der Waals surface area contributed by atoms with E-state index in [4.69, 9.17) is 0 Å². The van der Waals surface area contributed by atoms with Crippen LogP contribution in [-0.4, -0.2) is 37.0 Å². The molecule has 2 aliphatic heterocycles. The molecule has 2 aliphatic rings. The van der Waals surface area contributed by atoms with E-state index in [1.54, 1.807) is 0 Å². The maximum Gasteiger partial charge on any atom is 0.225 e.